The highest BCUT2D eigenvalue weighted by atomic mass is 16.2. The van der Waals surface area contributed by atoms with Crippen LogP contribution in [0.2, 0.25) is 0 Å². The van der Waals surface area contributed by atoms with Crippen LogP contribution in [0.1, 0.15) is 53.9 Å². The van der Waals surface area contributed by atoms with E-state index in [1.807, 2.05) is 0 Å². The Bertz CT molecular complexity index is 373. The summed E-state index contributed by atoms with van der Waals surface area (Å²) >= 11 is 0. The van der Waals surface area contributed by atoms with Crippen LogP contribution in [0.5, 0.6) is 0 Å². The van der Waals surface area contributed by atoms with Gasteiger partial charge < -0.3 is 5.32 Å². The Balaban J connectivity index is 1.94. The van der Waals surface area contributed by atoms with Gasteiger partial charge >= 0.3 is 0 Å². The summed E-state index contributed by atoms with van der Waals surface area (Å²) in [7, 11) is 0. The van der Waals surface area contributed by atoms with Crippen molar-refractivity contribution in [1.82, 2.24) is 15.1 Å². The van der Waals surface area contributed by atoms with Gasteiger partial charge in [0, 0.05) is 30.7 Å². The molecular weight excluding hydrogens is 262 g/mol. The summed E-state index contributed by atoms with van der Waals surface area (Å²) in [6.07, 6.45) is 3.82. The van der Waals surface area contributed by atoms with Crippen molar-refractivity contribution in [1.29, 1.82) is 0 Å². The fourth-order valence-corrected chi connectivity index (χ4v) is 3.83. The third kappa shape index (κ3) is 4.43. The lowest BCUT2D eigenvalue weighted by Gasteiger charge is -2.46. The topological polar surface area (TPSA) is 35.6 Å². The van der Waals surface area contributed by atoms with Crippen LogP contribution in [0.25, 0.3) is 0 Å². The van der Waals surface area contributed by atoms with Gasteiger partial charge in [0.1, 0.15) is 0 Å². The smallest absolute Gasteiger partial charge is 0.234 e. The van der Waals surface area contributed by atoms with E-state index in [1.165, 1.54) is 32.4 Å². The second kappa shape index (κ2) is 6.25. The number of nitrogens with zero attached hydrogens (tertiary/aromatic N) is 2. The molecule has 0 radical (unpaired) electrons. The Morgan fingerprint density at radius 3 is 2.48 bits per heavy atom. The third-order valence-electron chi connectivity index (χ3n) is 5.15. The van der Waals surface area contributed by atoms with Crippen molar-refractivity contribution in [2.24, 2.45) is 5.92 Å². The predicted octanol–water partition coefficient (Wildman–Crippen LogP) is 2.10. The number of hydrogen-bond acceptors (Lipinski definition) is 3. The second-order valence-corrected chi connectivity index (χ2v) is 8.41. The number of piperidine rings is 1. The van der Waals surface area contributed by atoms with E-state index in [9.17, 15) is 4.79 Å². The summed E-state index contributed by atoms with van der Waals surface area (Å²) in [6.45, 7) is 16.3. The summed E-state index contributed by atoms with van der Waals surface area (Å²) in [5.74, 6) is 0.923. The molecule has 0 saturated carbocycles. The average molecular weight is 295 g/mol. The number of hydrogen-bond donors (Lipinski definition) is 1. The molecule has 0 aromatic heterocycles. The zero-order valence-electron chi connectivity index (χ0n) is 14.5. The summed E-state index contributed by atoms with van der Waals surface area (Å²) in [4.78, 5) is 16.6. The van der Waals surface area contributed by atoms with E-state index in [4.69, 9.17) is 0 Å². The van der Waals surface area contributed by atoms with Crippen LogP contribution in [0.3, 0.4) is 0 Å². The first-order valence-electron chi connectivity index (χ1n) is 8.45. The molecule has 21 heavy (non-hydrogen) atoms. The quantitative estimate of drug-likeness (QED) is 0.866. The predicted molar refractivity (Wildman–Crippen MR) is 87.3 cm³/mol. The Morgan fingerprint density at radius 2 is 1.86 bits per heavy atom. The molecule has 122 valence electrons. The highest BCUT2D eigenvalue weighted by Gasteiger charge is 2.35. The Morgan fingerprint density at radius 1 is 1.14 bits per heavy atom. The van der Waals surface area contributed by atoms with Crippen molar-refractivity contribution in [2.75, 3.05) is 32.7 Å². The van der Waals surface area contributed by atoms with E-state index in [0.29, 0.717) is 6.54 Å². The summed E-state index contributed by atoms with van der Waals surface area (Å²) in [5, 5.41) is 2.93. The van der Waals surface area contributed by atoms with E-state index >= 15 is 0 Å². The van der Waals surface area contributed by atoms with Gasteiger partial charge in [0.15, 0.2) is 0 Å². The van der Waals surface area contributed by atoms with E-state index in [1.54, 1.807) is 0 Å². The zero-order chi connectivity index (χ0) is 15.7. The lowest BCUT2D eigenvalue weighted by atomic mass is 9.83. The minimum atomic E-state index is 0.114. The van der Waals surface area contributed by atoms with Gasteiger partial charge in [-0.05, 0) is 66.3 Å². The number of carbonyl (C=O) groups is 1. The van der Waals surface area contributed by atoms with Gasteiger partial charge in [0.05, 0.1) is 6.54 Å². The summed E-state index contributed by atoms with van der Waals surface area (Å²) < 4.78 is 0. The van der Waals surface area contributed by atoms with Crippen molar-refractivity contribution < 1.29 is 4.79 Å². The van der Waals surface area contributed by atoms with Gasteiger partial charge in [-0.1, -0.05) is 0 Å². The fraction of sp³-hybridized carbons (Fsp3) is 0.941. The van der Waals surface area contributed by atoms with Gasteiger partial charge in [-0.25, -0.2) is 0 Å². The first-order valence-corrected chi connectivity index (χ1v) is 8.45. The van der Waals surface area contributed by atoms with Crippen LogP contribution in [0, 0.1) is 5.92 Å². The lowest BCUT2D eigenvalue weighted by Crippen LogP contribution is -2.57. The van der Waals surface area contributed by atoms with E-state index in [0.717, 1.165) is 19.0 Å². The van der Waals surface area contributed by atoms with Gasteiger partial charge in [0.2, 0.25) is 5.91 Å². The van der Waals surface area contributed by atoms with E-state index < -0.39 is 0 Å². The van der Waals surface area contributed by atoms with E-state index in [-0.39, 0.29) is 17.0 Å². The van der Waals surface area contributed by atoms with Gasteiger partial charge in [0.25, 0.3) is 0 Å². The second-order valence-electron chi connectivity index (χ2n) is 8.41. The molecule has 4 nitrogen and oxygen atoms in total. The number of rotatable bonds is 3. The van der Waals surface area contributed by atoms with Crippen molar-refractivity contribution in [3.8, 4) is 0 Å². The molecule has 0 spiro atoms. The molecule has 0 aromatic rings. The number of amides is 1. The Labute approximate surface area is 130 Å². The lowest BCUT2D eigenvalue weighted by molar-refractivity contribution is -0.126. The highest BCUT2D eigenvalue weighted by molar-refractivity contribution is 5.78. The molecule has 0 aliphatic carbocycles. The monoisotopic (exact) mass is 295 g/mol. The van der Waals surface area contributed by atoms with Crippen LogP contribution in [-0.2, 0) is 4.79 Å². The summed E-state index contributed by atoms with van der Waals surface area (Å²) in [5.41, 5.74) is 0.386. The molecule has 2 heterocycles. The molecule has 1 atom stereocenters. The van der Waals surface area contributed by atoms with Crippen LogP contribution < -0.4 is 5.32 Å². The number of likely N-dealkylation sites (tertiary alicyclic amines) is 1. The highest BCUT2D eigenvalue weighted by Crippen LogP contribution is 2.31. The maximum atomic E-state index is 11.6. The Kier molecular flexibility index (Phi) is 4.99. The maximum Gasteiger partial charge on any atom is 0.234 e. The molecule has 2 aliphatic rings. The molecule has 1 amide bonds. The van der Waals surface area contributed by atoms with Crippen LogP contribution >= 0.6 is 0 Å². The molecule has 2 fully saturated rings. The molecule has 2 aliphatic heterocycles. The maximum absolute atomic E-state index is 11.6. The first-order chi connectivity index (χ1) is 9.68. The average Bonchev–Trinajstić information content (AvgIpc) is 2.37. The van der Waals surface area contributed by atoms with Crippen molar-refractivity contribution >= 4 is 5.91 Å². The molecular formula is C17H33N3O. The molecule has 0 bridgehead atoms. The molecule has 1 unspecified atom stereocenters. The molecule has 4 heteroatoms. The summed E-state index contributed by atoms with van der Waals surface area (Å²) in [6, 6.07) is 0. The van der Waals surface area contributed by atoms with Crippen LogP contribution in [0.4, 0.5) is 0 Å². The number of nitrogens with one attached hydrogen (secondary N) is 1. The zero-order valence-corrected chi connectivity index (χ0v) is 14.5. The number of piperazine rings is 1. The van der Waals surface area contributed by atoms with Crippen molar-refractivity contribution in [2.45, 2.75) is 65.0 Å². The number of carbonyl (C=O) groups excluding carboxylic acids is 1. The first kappa shape index (κ1) is 16.8. The minimum Gasteiger partial charge on any atom is -0.354 e. The normalized spacial score (nSPS) is 26.7. The van der Waals surface area contributed by atoms with Crippen molar-refractivity contribution in [3.63, 3.8) is 0 Å². The Hall–Kier alpha value is -0.610. The largest absolute Gasteiger partial charge is 0.354 e. The van der Waals surface area contributed by atoms with Gasteiger partial charge in [-0.15, -0.1) is 0 Å². The van der Waals surface area contributed by atoms with Crippen LogP contribution in [-0.4, -0.2) is 59.5 Å². The SMILES string of the molecule is CC(C)(C)N1CCCC(CC(C)(C)N2CCNC(=O)C2)C1. The minimum absolute atomic E-state index is 0.114. The fourth-order valence-electron chi connectivity index (χ4n) is 3.83. The third-order valence-corrected chi connectivity index (χ3v) is 5.15. The molecule has 2 rings (SSSR count). The molecule has 2 saturated heterocycles. The standard InChI is InChI=1S/C17H33N3O/c1-16(2,3)19-9-6-7-14(12-19)11-17(4,5)20-10-8-18-15(21)13-20/h14H,6-13H2,1-5H3,(H,18,21). The van der Waals surface area contributed by atoms with Gasteiger partial charge in [-0.2, -0.15) is 0 Å². The molecule has 0 aromatic carbocycles. The van der Waals surface area contributed by atoms with Crippen molar-refractivity contribution in [3.05, 3.63) is 0 Å². The van der Waals surface area contributed by atoms with Crippen LogP contribution in [0.15, 0.2) is 0 Å². The van der Waals surface area contributed by atoms with E-state index in [2.05, 4.69) is 49.7 Å². The molecule has 1 N–H and O–H groups in total. The van der Waals surface area contributed by atoms with Gasteiger partial charge in [-0.3, -0.25) is 14.6 Å².